The van der Waals surface area contributed by atoms with E-state index < -0.39 is 29.8 Å². The quantitative estimate of drug-likeness (QED) is 0.228. The molecule has 0 radical (unpaired) electrons. The van der Waals surface area contributed by atoms with Crippen LogP contribution in [0.4, 0.5) is 18.9 Å². The van der Waals surface area contributed by atoms with Crippen molar-refractivity contribution in [2.45, 2.75) is 26.3 Å². The standard InChI is InChI=1S/C26H19BrF3NO4/c1-14-4-3-5-16(12-14)22-21(23(32)17-6-11-20(27)15(2)13-17)24(33)25(34)31(22)18-7-9-19(10-8-18)35-26(28,29)30/h3-13,22,32H,1-2H3/b23-21-. The average Bonchev–Trinajstić information content (AvgIpc) is 3.05. The van der Waals surface area contributed by atoms with Gasteiger partial charge in [-0.15, -0.1) is 13.2 Å². The van der Waals surface area contributed by atoms with Gasteiger partial charge in [0.05, 0.1) is 11.6 Å². The molecule has 3 aromatic carbocycles. The lowest BCUT2D eigenvalue weighted by atomic mass is 9.94. The number of benzene rings is 3. The molecule has 1 aliphatic rings. The van der Waals surface area contributed by atoms with Crippen molar-refractivity contribution in [1.29, 1.82) is 0 Å². The minimum absolute atomic E-state index is 0.113. The third kappa shape index (κ3) is 4.95. The second kappa shape index (κ2) is 9.22. The molecule has 1 heterocycles. The Morgan fingerprint density at radius 3 is 2.29 bits per heavy atom. The molecule has 1 aliphatic heterocycles. The zero-order valence-electron chi connectivity index (χ0n) is 18.6. The van der Waals surface area contributed by atoms with E-state index >= 15 is 0 Å². The van der Waals surface area contributed by atoms with Crippen molar-refractivity contribution in [3.05, 3.63) is 99.0 Å². The highest BCUT2D eigenvalue weighted by Crippen LogP contribution is 2.43. The lowest BCUT2D eigenvalue weighted by Crippen LogP contribution is -2.29. The maximum absolute atomic E-state index is 13.2. The Bertz CT molecular complexity index is 1350. The highest BCUT2D eigenvalue weighted by atomic mass is 79.9. The number of aliphatic hydroxyl groups excluding tert-OH is 1. The van der Waals surface area contributed by atoms with Gasteiger partial charge in [0.1, 0.15) is 11.5 Å². The van der Waals surface area contributed by atoms with Crippen LogP contribution in [0.1, 0.15) is 28.3 Å². The highest BCUT2D eigenvalue weighted by Gasteiger charge is 2.47. The van der Waals surface area contributed by atoms with Crippen molar-refractivity contribution in [3.63, 3.8) is 0 Å². The first-order valence-corrected chi connectivity index (χ1v) is 11.3. The molecule has 0 saturated carbocycles. The first kappa shape index (κ1) is 24.5. The summed E-state index contributed by atoms with van der Waals surface area (Å²) in [5.74, 6) is -2.61. The number of nitrogens with zero attached hydrogens (tertiary/aromatic N) is 1. The molecular weight excluding hydrogens is 527 g/mol. The molecule has 1 amide bonds. The molecule has 0 aromatic heterocycles. The molecule has 4 rings (SSSR count). The predicted molar refractivity (Wildman–Crippen MR) is 128 cm³/mol. The van der Waals surface area contributed by atoms with Gasteiger partial charge in [0.2, 0.25) is 0 Å². The van der Waals surface area contributed by atoms with Crippen LogP contribution in [0, 0.1) is 13.8 Å². The number of ketones is 1. The number of aliphatic hydroxyl groups is 1. The Kier molecular flexibility index (Phi) is 6.46. The number of anilines is 1. The Balaban J connectivity index is 1.87. The Morgan fingerprint density at radius 1 is 1.00 bits per heavy atom. The smallest absolute Gasteiger partial charge is 0.507 e. The summed E-state index contributed by atoms with van der Waals surface area (Å²) in [4.78, 5) is 27.5. The molecule has 0 spiro atoms. The summed E-state index contributed by atoms with van der Waals surface area (Å²) in [6, 6.07) is 15.8. The van der Waals surface area contributed by atoms with E-state index in [4.69, 9.17) is 0 Å². The van der Waals surface area contributed by atoms with Gasteiger partial charge in [-0.05, 0) is 61.4 Å². The van der Waals surface area contributed by atoms with Crippen molar-refractivity contribution >= 4 is 39.1 Å². The van der Waals surface area contributed by atoms with Gasteiger partial charge in [-0.2, -0.15) is 0 Å². The number of halogens is 4. The Labute approximate surface area is 207 Å². The number of hydrogen-bond acceptors (Lipinski definition) is 4. The molecule has 9 heteroatoms. The van der Waals surface area contributed by atoms with Gasteiger partial charge >= 0.3 is 6.36 Å². The monoisotopic (exact) mass is 545 g/mol. The van der Waals surface area contributed by atoms with Crippen LogP contribution in [-0.2, 0) is 9.59 Å². The van der Waals surface area contributed by atoms with Crippen molar-refractivity contribution in [1.82, 2.24) is 0 Å². The molecule has 1 N–H and O–H groups in total. The summed E-state index contributed by atoms with van der Waals surface area (Å²) in [6.07, 6.45) is -4.87. The number of aryl methyl sites for hydroxylation is 2. The number of carbonyl (C=O) groups excluding carboxylic acids is 2. The Morgan fingerprint density at radius 2 is 1.69 bits per heavy atom. The minimum atomic E-state index is -4.87. The summed E-state index contributed by atoms with van der Waals surface area (Å²) in [7, 11) is 0. The maximum Gasteiger partial charge on any atom is 0.573 e. The van der Waals surface area contributed by atoms with E-state index in [2.05, 4.69) is 20.7 Å². The van der Waals surface area contributed by atoms with Crippen LogP contribution in [0.15, 0.2) is 76.8 Å². The number of carbonyl (C=O) groups is 2. The van der Waals surface area contributed by atoms with Crippen molar-refractivity contribution in [3.8, 4) is 5.75 Å². The molecule has 3 aromatic rings. The second-order valence-corrected chi connectivity index (χ2v) is 8.94. The summed E-state index contributed by atoms with van der Waals surface area (Å²) >= 11 is 3.40. The SMILES string of the molecule is Cc1cccc(C2/C(=C(/O)c3ccc(Br)c(C)c3)C(=O)C(=O)N2c2ccc(OC(F)(F)F)cc2)c1. The van der Waals surface area contributed by atoms with Gasteiger partial charge in [-0.3, -0.25) is 14.5 Å². The van der Waals surface area contributed by atoms with E-state index in [-0.39, 0.29) is 17.0 Å². The van der Waals surface area contributed by atoms with Gasteiger partial charge < -0.3 is 9.84 Å². The van der Waals surface area contributed by atoms with Crippen LogP contribution in [0.5, 0.6) is 5.75 Å². The molecule has 1 fully saturated rings. The average molecular weight is 546 g/mol. The van der Waals surface area contributed by atoms with Gasteiger partial charge in [0.15, 0.2) is 0 Å². The second-order valence-electron chi connectivity index (χ2n) is 8.09. The van der Waals surface area contributed by atoms with Crippen LogP contribution in [-0.4, -0.2) is 23.2 Å². The molecule has 1 atom stereocenters. The highest BCUT2D eigenvalue weighted by molar-refractivity contribution is 9.10. The number of amides is 1. The fourth-order valence-corrected chi connectivity index (χ4v) is 4.26. The van der Waals surface area contributed by atoms with E-state index in [0.717, 1.165) is 27.7 Å². The Hall–Kier alpha value is -3.59. The van der Waals surface area contributed by atoms with Crippen molar-refractivity contribution < 1.29 is 32.6 Å². The van der Waals surface area contributed by atoms with Crippen LogP contribution in [0.25, 0.3) is 5.76 Å². The number of alkyl halides is 3. The van der Waals surface area contributed by atoms with Gasteiger partial charge in [0, 0.05) is 15.7 Å². The lowest BCUT2D eigenvalue weighted by Gasteiger charge is -2.26. The molecule has 5 nitrogen and oxygen atoms in total. The normalized spacial score (nSPS) is 17.7. The topological polar surface area (TPSA) is 66.8 Å². The van der Waals surface area contributed by atoms with E-state index in [1.807, 2.05) is 19.9 Å². The predicted octanol–water partition coefficient (Wildman–Crippen LogP) is 6.59. The molecule has 0 bridgehead atoms. The molecular formula is C26H19BrF3NO4. The van der Waals surface area contributed by atoms with Crippen LogP contribution < -0.4 is 9.64 Å². The lowest BCUT2D eigenvalue weighted by molar-refractivity contribution is -0.274. The van der Waals surface area contributed by atoms with Gasteiger partial charge in [0.25, 0.3) is 11.7 Å². The van der Waals surface area contributed by atoms with E-state index in [1.165, 1.54) is 17.0 Å². The third-order valence-corrected chi connectivity index (χ3v) is 6.47. The summed E-state index contributed by atoms with van der Waals surface area (Å²) in [5.41, 5.74) is 2.67. The minimum Gasteiger partial charge on any atom is -0.507 e. The fourth-order valence-electron chi connectivity index (χ4n) is 4.01. The number of rotatable bonds is 4. The zero-order valence-corrected chi connectivity index (χ0v) is 20.1. The van der Waals surface area contributed by atoms with Crippen LogP contribution >= 0.6 is 15.9 Å². The van der Waals surface area contributed by atoms with Crippen LogP contribution in [0.3, 0.4) is 0 Å². The van der Waals surface area contributed by atoms with Crippen LogP contribution in [0.2, 0.25) is 0 Å². The molecule has 180 valence electrons. The number of hydrogen-bond donors (Lipinski definition) is 1. The summed E-state index contributed by atoms with van der Waals surface area (Å²) in [6.45, 7) is 3.67. The summed E-state index contributed by atoms with van der Waals surface area (Å²) in [5, 5.41) is 11.2. The summed E-state index contributed by atoms with van der Waals surface area (Å²) < 4.78 is 42.4. The van der Waals surface area contributed by atoms with Gasteiger partial charge in [-0.25, -0.2) is 0 Å². The first-order valence-electron chi connectivity index (χ1n) is 10.5. The largest absolute Gasteiger partial charge is 0.573 e. The van der Waals surface area contributed by atoms with E-state index in [0.29, 0.717) is 11.1 Å². The fraction of sp³-hybridized carbons (Fsp3) is 0.154. The van der Waals surface area contributed by atoms with Crippen molar-refractivity contribution in [2.75, 3.05) is 4.90 Å². The third-order valence-electron chi connectivity index (χ3n) is 5.58. The van der Waals surface area contributed by atoms with E-state index in [1.54, 1.807) is 36.4 Å². The molecule has 1 saturated heterocycles. The van der Waals surface area contributed by atoms with Crippen molar-refractivity contribution in [2.24, 2.45) is 0 Å². The molecule has 35 heavy (non-hydrogen) atoms. The molecule has 0 aliphatic carbocycles. The van der Waals surface area contributed by atoms with Gasteiger partial charge in [-0.1, -0.05) is 51.8 Å². The number of ether oxygens (including phenoxy) is 1. The van der Waals surface area contributed by atoms with E-state index in [9.17, 15) is 27.9 Å². The number of Topliss-reactive ketones (excluding diaryl/α,β-unsaturated/α-hetero) is 1. The first-order chi connectivity index (χ1) is 16.5. The zero-order chi connectivity index (χ0) is 25.5. The maximum atomic E-state index is 13.2. The molecule has 1 unspecified atom stereocenters.